The van der Waals surface area contributed by atoms with Gasteiger partial charge in [-0.05, 0) is 11.5 Å². The minimum absolute atomic E-state index is 0.00142. The van der Waals surface area contributed by atoms with Gasteiger partial charge in [-0.1, -0.05) is 24.3 Å². The monoisotopic (exact) mass is 259 g/mol. The highest BCUT2D eigenvalue weighted by Crippen LogP contribution is 2.15. The summed E-state index contributed by atoms with van der Waals surface area (Å²) < 4.78 is 4.78. The molecule has 1 aromatic heterocycles. The second-order valence-corrected chi connectivity index (χ2v) is 3.89. The van der Waals surface area contributed by atoms with E-state index in [1.165, 1.54) is 0 Å². The van der Waals surface area contributed by atoms with Crippen molar-refractivity contribution in [2.45, 2.75) is 6.42 Å². The summed E-state index contributed by atoms with van der Waals surface area (Å²) in [4.78, 5) is 26.0. The van der Waals surface area contributed by atoms with E-state index < -0.39 is 12.0 Å². The van der Waals surface area contributed by atoms with E-state index in [-0.39, 0.29) is 13.0 Å². The summed E-state index contributed by atoms with van der Waals surface area (Å²) in [6, 6.07) is 9.40. The number of rotatable bonds is 4. The molecule has 0 aliphatic carbocycles. The van der Waals surface area contributed by atoms with Gasteiger partial charge in [0.15, 0.2) is 0 Å². The molecule has 0 saturated carbocycles. The van der Waals surface area contributed by atoms with E-state index in [9.17, 15) is 9.59 Å². The molecule has 2 aromatic rings. The van der Waals surface area contributed by atoms with Crippen molar-refractivity contribution in [1.82, 2.24) is 4.98 Å². The summed E-state index contributed by atoms with van der Waals surface area (Å²) in [7, 11) is 0. The fourth-order valence-electron chi connectivity index (χ4n) is 1.54. The number of carbonyl (C=O) groups excluding carboxylic acids is 2. The molecular formula is C13H13N3O3. The molecule has 2 rings (SSSR count). The molecule has 98 valence electrons. The smallest absolute Gasteiger partial charge is 0.412 e. The number of nitrogens with two attached hydrogens (primary N) is 1. The Morgan fingerprint density at radius 1 is 1.26 bits per heavy atom. The third-order valence-corrected chi connectivity index (χ3v) is 2.44. The van der Waals surface area contributed by atoms with Crippen LogP contribution in [0.2, 0.25) is 0 Å². The van der Waals surface area contributed by atoms with Crippen LogP contribution in [0.3, 0.4) is 0 Å². The van der Waals surface area contributed by atoms with E-state index in [0.29, 0.717) is 5.82 Å². The topological polar surface area (TPSA) is 94.3 Å². The van der Waals surface area contributed by atoms with E-state index in [0.717, 1.165) is 10.8 Å². The first-order chi connectivity index (χ1) is 9.15. The number of primary amides is 1. The second-order valence-electron chi connectivity index (χ2n) is 3.89. The van der Waals surface area contributed by atoms with Crippen LogP contribution in [-0.2, 0) is 9.53 Å². The molecule has 0 aliphatic rings. The zero-order valence-corrected chi connectivity index (χ0v) is 10.1. The summed E-state index contributed by atoms with van der Waals surface area (Å²) in [6.45, 7) is -0.0469. The lowest BCUT2D eigenvalue weighted by atomic mass is 10.2. The Balaban J connectivity index is 1.97. The summed E-state index contributed by atoms with van der Waals surface area (Å²) >= 11 is 0. The number of amides is 2. The third kappa shape index (κ3) is 3.67. The molecule has 19 heavy (non-hydrogen) atoms. The number of hydrogen-bond acceptors (Lipinski definition) is 4. The van der Waals surface area contributed by atoms with Crippen LogP contribution in [0.25, 0.3) is 10.8 Å². The Hall–Kier alpha value is -2.63. The Morgan fingerprint density at radius 3 is 2.74 bits per heavy atom. The molecule has 0 radical (unpaired) electrons. The molecule has 0 unspecified atom stereocenters. The lowest BCUT2D eigenvalue weighted by molar-refractivity contribution is -0.118. The number of pyridine rings is 1. The zero-order chi connectivity index (χ0) is 13.7. The SMILES string of the molecule is NC(=O)CCOC(=O)Nc1cc2ccccc2cn1. The minimum atomic E-state index is -0.663. The molecule has 2 amide bonds. The van der Waals surface area contributed by atoms with E-state index in [1.807, 2.05) is 24.3 Å². The molecule has 0 bridgehead atoms. The lowest BCUT2D eigenvalue weighted by Gasteiger charge is -2.06. The summed E-state index contributed by atoms with van der Waals surface area (Å²) in [5.74, 6) is -0.126. The molecule has 6 nitrogen and oxygen atoms in total. The fourth-order valence-corrected chi connectivity index (χ4v) is 1.54. The second kappa shape index (κ2) is 5.81. The Bertz CT molecular complexity index is 613. The van der Waals surface area contributed by atoms with E-state index in [2.05, 4.69) is 10.3 Å². The predicted molar refractivity (Wildman–Crippen MR) is 70.5 cm³/mol. The maximum atomic E-state index is 11.4. The number of nitrogens with one attached hydrogen (secondary N) is 1. The van der Waals surface area contributed by atoms with Crippen molar-refractivity contribution in [1.29, 1.82) is 0 Å². The quantitative estimate of drug-likeness (QED) is 0.873. The molecule has 3 N–H and O–H groups in total. The van der Waals surface area contributed by atoms with Crippen molar-refractivity contribution in [2.24, 2.45) is 5.73 Å². The molecule has 1 aromatic carbocycles. The van der Waals surface area contributed by atoms with Crippen molar-refractivity contribution in [3.05, 3.63) is 36.5 Å². The van der Waals surface area contributed by atoms with Gasteiger partial charge in [-0.2, -0.15) is 0 Å². The van der Waals surface area contributed by atoms with Crippen molar-refractivity contribution in [2.75, 3.05) is 11.9 Å². The molecule has 0 spiro atoms. The summed E-state index contributed by atoms with van der Waals surface area (Å²) in [6.07, 6.45) is 0.997. The van der Waals surface area contributed by atoms with Gasteiger partial charge >= 0.3 is 6.09 Å². The normalized spacial score (nSPS) is 10.1. The van der Waals surface area contributed by atoms with Crippen molar-refractivity contribution in [3.63, 3.8) is 0 Å². The zero-order valence-electron chi connectivity index (χ0n) is 10.1. The van der Waals surface area contributed by atoms with Gasteiger partial charge in [0.1, 0.15) is 12.4 Å². The molecule has 0 atom stereocenters. The van der Waals surface area contributed by atoms with Gasteiger partial charge in [0.25, 0.3) is 0 Å². The average molecular weight is 259 g/mol. The van der Waals surface area contributed by atoms with Crippen LogP contribution >= 0.6 is 0 Å². The van der Waals surface area contributed by atoms with Crippen LogP contribution in [-0.4, -0.2) is 23.6 Å². The molecule has 6 heteroatoms. The molecule has 0 fully saturated rings. The standard InChI is InChI=1S/C13H13N3O3/c14-11(17)5-6-19-13(18)16-12-7-9-3-1-2-4-10(9)8-15-12/h1-4,7-8H,5-6H2,(H2,14,17)(H,15,16,18). The van der Waals surface area contributed by atoms with Crippen LogP contribution in [0.4, 0.5) is 10.6 Å². The van der Waals surface area contributed by atoms with Crippen LogP contribution in [0.1, 0.15) is 6.42 Å². The van der Waals surface area contributed by atoms with Crippen LogP contribution in [0.5, 0.6) is 0 Å². The number of aromatic nitrogens is 1. The number of carbonyl (C=O) groups is 2. The molecule has 0 saturated heterocycles. The summed E-state index contributed by atoms with van der Waals surface area (Å²) in [5.41, 5.74) is 4.93. The molecule has 1 heterocycles. The number of ether oxygens (including phenoxy) is 1. The number of fused-ring (bicyclic) bond motifs is 1. The molecular weight excluding hydrogens is 246 g/mol. The minimum Gasteiger partial charge on any atom is -0.449 e. The number of hydrogen-bond donors (Lipinski definition) is 2. The highest BCUT2D eigenvalue weighted by atomic mass is 16.5. The van der Waals surface area contributed by atoms with E-state index in [4.69, 9.17) is 10.5 Å². The van der Waals surface area contributed by atoms with Crippen LogP contribution in [0, 0.1) is 0 Å². The van der Waals surface area contributed by atoms with Gasteiger partial charge in [0, 0.05) is 11.6 Å². The van der Waals surface area contributed by atoms with Gasteiger partial charge in [-0.25, -0.2) is 9.78 Å². The van der Waals surface area contributed by atoms with Gasteiger partial charge < -0.3 is 10.5 Å². The van der Waals surface area contributed by atoms with Gasteiger partial charge in [-0.3, -0.25) is 10.1 Å². The van der Waals surface area contributed by atoms with Gasteiger partial charge in [0.2, 0.25) is 5.91 Å². The van der Waals surface area contributed by atoms with Crippen molar-refractivity contribution < 1.29 is 14.3 Å². The summed E-state index contributed by atoms with van der Waals surface area (Å²) in [5, 5.41) is 4.43. The average Bonchev–Trinajstić information content (AvgIpc) is 2.38. The lowest BCUT2D eigenvalue weighted by Crippen LogP contribution is -2.19. The Labute approximate surface area is 109 Å². The Morgan fingerprint density at radius 2 is 2.00 bits per heavy atom. The maximum absolute atomic E-state index is 11.4. The number of benzene rings is 1. The first-order valence-electron chi connectivity index (χ1n) is 5.72. The van der Waals surface area contributed by atoms with Gasteiger partial charge in [-0.15, -0.1) is 0 Å². The Kier molecular flexibility index (Phi) is 3.92. The number of anilines is 1. The van der Waals surface area contributed by atoms with Crippen molar-refractivity contribution >= 4 is 28.6 Å². The van der Waals surface area contributed by atoms with Crippen LogP contribution < -0.4 is 11.1 Å². The van der Waals surface area contributed by atoms with Gasteiger partial charge in [0.05, 0.1) is 6.42 Å². The van der Waals surface area contributed by atoms with Crippen LogP contribution in [0.15, 0.2) is 36.5 Å². The highest BCUT2D eigenvalue weighted by molar-refractivity contribution is 5.89. The number of nitrogens with zero attached hydrogens (tertiary/aromatic N) is 1. The third-order valence-electron chi connectivity index (χ3n) is 2.44. The van der Waals surface area contributed by atoms with E-state index >= 15 is 0 Å². The first-order valence-corrected chi connectivity index (χ1v) is 5.72. The largest absolute Gasteiger partial charge is 0.449 e. The fraction of sp³-hybridized carbons (Fsp3) is 0.154. The molecule has 0 aliphatic heterocycles. The highest BCUT2D eigenvalue weighted by Gasteiger charge is 2.05. The maximum Gasteiger partial charge on any atom is 0.412 e. The van der Waals surface area contributed by atoms with Crippen molar-refractivity contribution in [3.8, 4) is 0 Å². The van der Waals surface area contributed by atoms with E-state index in [1.54, 1.807) is 12.3 Å². The first kappa shape index (κ1) is 12.8. The predicted octanol–water partition coefficient (Wildman–Crippen LogP) is 1.66.